The van der Waals surface area contributed by atoms with Crippen molar-refractivity contribution in [2.75, 3.05) is 18.8 Å². The summed E-state index contributed by atoms with van der Waals surface area (Å²) in [7, 11) is 0. The van der Waals surface area contributed by atoms with Crippen molar-refractivity contribution in [3.05, 3.63) is 24.3 Å². The highest BCUT2D eigenvalue weighted by Crippen LogP contribution is 1.89. The first-order chi connectivity index (χ1) is 5.93. The Kier molecular flexibility index (Phi) is 4.71. The largest absolute Gasteiger partial charge is 0.316 e. The lowest BCUT2D eigenvalue weighted by Crippen LogP contribution is -2.19. The van der Waals surface area contributed by atoms with Gasteiger partial charge in [0.2, 0.25) is 0 Å². The Labute approximate surface area is 78.0 Å². The number of thiol groups is 1. The molecule has 0 aromatic carbocycles. The summed E-state index contributed by atoms with van der Waals surface area (Å²) in [6.45, 7) is 1.89. The van der Waals surface area contributed by atoms with Crippen LogP contribution in [0.2, 0.25) is 0 Å². The fraction of sp³-hybridized carbons (Fsp3) is 0.500. The van der Waals surface area contributed by atoms with Gasteiger partial charge in [-0.05, 0) is 0 Å². The first-order valence-electron chi connectivity index (χ1n) is 4.00. The van der Waals surface area contributed by atoms with Crippen LogP contribution in [0.3, 0.4) is 0 Å². The summed E-state index contributed by atoms with van der Waals surface area (Å²) in [5.41, 5.74) is 1.03. The van der Waals surface area contributed by atoms with Crippen LogP contribution in [0.4, 0.5) is 0 Å². The summed E-state index contributed by atoms with van der Waals surface area (Å²) < 4.78 is 0. The van der Waals surface area contributed by atoms with Gasteiger partial charge in [0.05, 0.1) is 5.69 Å². The van der Waals surface area contributed by atoms with E-state index in [9.17, 15) is 0 Å². The van der Waals surface area contributed by atoms with Crippen molar-refractivity contribution in [3.8, 4) is 0 Å². The Morgan fingerprint density at radius 2 is 2.25 bits per heavy atom. The quantitative estimate of drug-likeness (QED) is 0.517. The molecule has 0 spiro atoms. The molecule has 0 aliphatic rings. The van der Waals surface area contributed by atoms with Crippen molar-refractivity contribution in [1.29, 1.82) is 0 Å². The zero-order chi connectivity index (χ0) is 8.65. The van der Waals surface area contributed by atoms with Gasteiger partial charge in [-0.15, -0.1) is 0 Å². The molecule has 3 nitrogen and oxygen atoms in total. The molecule has 0 aliphatic heterocycles. The summed E-state index contributed by atoms with van der Waals surface area (Å²) >= 11 is 4.09. The molecule has 1 aromatic rings. The van der Waals surface area contributed by atoms with Crippen molar-refractivity contribution in [2.45, 2.75) is 6.42 Å². The molecule has 0 fully saturated rings. The molecule has 0 bridgehead atoms. The summed E-state index contributed by atoms with van der Waals surface area (Å²) in [6.07, 6.45) is 6.13. The fourth-order valence-electron chi connectivity index (χ4n) is 0.880. The minimum atomic E-state index is 0.875. The molecule has 0 aliphatic carbocycles. The predicted molar refractivity (Wildman–Crippen MR) is 52.5 cm³/mol. The van der Waals surface area contributed by atoms with E-state index in [-0.39, 0.29) is 0 Å². The molecule has 1 rings (SSSR count). The molecule has 12 heavy (non-hydrogen) atoms. The van der Waals surface area contributed by atoms with E-state index < -0.39 is 0 Å². The highest BCUT2D eigenvalue weighted by molar-refractivity contribution is 7.80. The average molecular weight is 183 g/mol. The van der Waals surface area contributed by atoms with E-state index in [1.165, 1.54) is 0 Å². The Morgan fingerprint density at radius 1 is 1.33 bits per heavy atom. The SMILES string of the molecule is SCCNCCc1cnccn1. The summed E-state index contributed by atoms with van der Waals surface area (Å²) in [5, 5.41) is 3.24. The lowest BCUT2D eigenvalue weighted by molar-refractivity contribution is 0.711. The molecule has 0 saturated heterocycles. The normalized spacial score (nSPS) is 10.1. The van der Waals surface area contributed by atoms with Gasteiger partial charge in [-0.25, -0.2) is 0 Å². The maximum absolute atomic E-state index is 4.15. The molecule has 0 atom stereocenters. The van der Waals surface area contributed by atoms with Crippen LogP contribution in [0.1, 0.15) is 5.69 Å². The third-order valence-corrected chi connectivity index (χ3v) is 1.69. The van der Waals surface area contributed by atoms with Crippen LogP contribution in [0, 0.1) is 0 Å². The van der Waals surface area contributed by atoms with Crippen molar-refractivity contribution in [3.63, 3.8) is 0 Å². The number of hydrogen-bond donors (Lipinski definition) is 2. The topological polar surface area (TPSA) is 37.8 Å². The maximum Gasteiger partial charge on any atom is 0.0599 e. The van der Waals surface area contributed by atoms with Gasteiger partial charge < -0.3 is 5.32 Å². The number of hydrogen-bond acceptors (Lipinski definition) is 4. The van der Waals surface area contributed by atoms with Crippen LogP contribution < -0.4 is 5.32 Å². The van der Waals surface area contributed by atoms with Gasteiger partial charge in [-0.1, -0.05) is 0 Å². The second kappa shape index (κ2) is 5.97. The average Bonchev–Trinajstić information content (AvgIpc) is 2.14. The Balaban J connectivity index is 2.16. The van der Waals surface area contributed by atoms with Crippen LogP contribution in [-0.4, -0.2) is 28.8 Å². The molecular weight excluding hydrogens is 170 g/mol. The van der Waals surface area contributed by atoms with Gasteiger partial charge in [0.1, 0.15) is 0 Å². The van der Waals surface area contributed by atoms with Gasteiger partial charge in [-0.2, -0.15) is 12.6 Å². The first-order valence-corrected chi connectivity index (χ1v) is 4.63. The van der Waals surface area contributed by atoms with Crippen molar-refractivity contribution in [1.82, 2.24) is 15.3 Å². The van der Waals surface area contributed by atoms with Gasteiger partial charge in [-0.3, -0.25) is 9.97 Å². The second-order valence-corrected chi connectivity index (χ2v) is 2.87. The molecule has 1 N–H and O–H groups in total. The lowest BCUT2D eigenvalue weighted by atomic mass is 10.3. The van der Waals surface area contributed by atoms with Gasteiger partial charge in [0.25, 0.3) is 0 Å². The summed E-state index contributed by atoms with van der Waals surface area (Å²) in [4.78, 5) is 8.13. The van der Waals surface area contributed by atoms with Crippen LogP contribution in [-0.2, 0) is 6.42 Å². The van der Waals surface area contributed by atoms with Crippen LogP contribution in [0.25, 0.3) is 0 Å². The fourth-order valence-corrected chi connectivity index (χ4v) is 1.04. The molecule has 1 aromatic heterocycles. The Morgan fingerprint density at radius 3 is 2.92 bits per heavy atom. The van der Waals surface area contributed by atoms with E-state index >= 15 is 0 Å². The standard InChI is InChI=1S/C8H13N3S/c12-6-5-9-2-1-8-7-10-3-4-11-8/h3-4,7,9,12H,1-2,5-6H2. The van der Waals surface area contributed by atoms with Gasteiger partial charge >= 0.3 is 0 Å². The smallest absolute Gasteiger partial charge is 0.0599 e. The lowest BCUT2D eigenvalue weighted by Gasteiger charge is -2.00. The monoisotopic (exact) mass is 183 g/mol. The zero-order valence-electron chi connectivity index (χ0n) is 6.90. The molecule has 1 heterocycles. The number of rotatable bonds is 5. The number of nitrogens with one attached hydrogen (secondary N) is 1. The van der Waals surface area contributed by atoms with E-state index in [2.05, 4.69) is 27.9 Å². The minimum Gasteiger partial charge on any atom is -0.316 e. The van der Waals surface area contributed by atoms with Gasteiger partial charge in [0, 0.05) is 43.9 Å². The Bertz CT molecular complexity index is 203. The molecular formula is C8H13N3S. The number of aromatic nitrogens is 2. The van der Waals surface area contributed by atoms with E-state index in [0.717, 1.165) is 31.0 Å². The molecule has 0 saturated carbocycles. The summed E-state index contributed by atoms with van der Waals surface area (Å²) in [5.74, 6) is 0.875. The highest BCUT2D eigenvalue weighted by atomic mass is 32.1. The van der Waals surface area contributed by atoms with Crippen molar-refractivity contribution in [2.24, 2.45) is 0 Å². The minimum absolute atomic E-state index is 0.875. The van der Waals surface area contributed by atoms with Crippen LogP contribution in [0.5, 0.6) is 0 Å². The van der Waals surface area contributed by atoms with E-state index in [0.29, 0.717) is 0 Å². The van der Waals surface area contributed by atoms with E-state index in [1.807, 2.05) is 0 Å². The maximum atomic E-state index is 4.15. The van der Waals surface area contributed by atoms with Crippen molar-refractivity contribution >= 4 is 12.6 Å². The third kappa shape index (κ3) is 3.69. The van der Waals surface area contributed by atoms with Crippen LogP contribution in [0.15, 0.2) is 18.6 Å². The third-order valence-electron chi connectivity index (χ3n) is 1.46. The second-order valence-electron chi connectivity index (χ2n) is 2.42. The summed E-state index contributed by atoms with van der Waals surface area (Å²) in [6, 6.07) is 0. The predicted octanol–water partition coefficient (Wildman–Crippen LogP) is 0.538. The molecule has 0 amide bonds. The Hall–Kier alpha value is -0.610. The van der Waals surface area contributed by atoms with Crippen molar-refractivity contribution < 1.29 is 0 Å². The number of nitrogens with zero attached hydrogens (tertiary/aromatic N) is 2. The molecule has 4 heteroatoms. The van der Waals surface area contributed by atoms with E-state index in [1.54, 1.807) is 18.6 Å². The van der Waals surface area contributed by atoms with E-state index in [4.69, 9.17) is 0 Å². The molecule has 66 valence electrons. The zero-order valence-corrected chi connectivity index (χ0v) is 7.80. The first kappa shape index (κ1) is 9.48. The molecule has 0 unspecified atom stereocenters. The van der Waals surface area contributed by atoms with Crippen LogP contribution >= 0.6 is 12.6 Å². The molecule has 0 radical (unpaired) electrons. The highest BCUT2D eigenvalue weighted by Gasteiger charge is 1.91. The van der Waals surface area contributed by atoms with Gasteiger partial charge in [0.15, 0.2) is 0 Å².